The molecule has 0 aliphatic rings. The molecule has 0 heterocycles. The van der Waals surface area contributed by atoms with Crippen molar-refractivity contribution in [2.24, 2.45) is 0 Å². The number of hydrogen-bond acceptors (Lipinski definition) is 2. The summed E-state index contributed by atoms with van der Waals surface area (Å²) in [5.74, 6) is 0. The number of nitrogens with one attached hydrogen (secondary N) is 1. The molecule has 0 saturated carbocycles. The first-order valence-electron chi connectivity index (χ1n) is 5.32. The van der Waals surface area contributed by atoms with Crippen molar-refractivity contribution in [2.45, 2.75) is 6.92 Å². The summed E-state index contributed by atoms with van der Waals surface area (Å²) >= 11 is 9.39. The third-order valence-corrected chi connectivity index (χ3v) is 3.12. The summed E-state index contributed by atoms with van der Waals surface area (Å²) in [6, 6.07) is 13.3. The Balaban J connectivity index is 2.39. The predicted molar refractivity (Wildman–Crippen MR) is 78.3 cm³/mol. The van der Waals surface area contributed by atoms with Crippen LogP contribution in [-0.2, 0) is 0 Å². The van der Waals surface area contributed by atoms with E-state index in [9.17, 15) is 0 Å². The molecule has 2 rings (SSSR count). The first-order chi connectivity index (χ1) is 8.58. The van der Waals surface area contributed by atoms with E-state index in [1.165, 1.54) is 0 Å². The van der Waals surface area contributed by atoms with Crippen LogP contribution in [0.15, 0.2) is 40.9 Å². The van der Waals surface area contributed by atoms with E-state index in [0.29, 0.717) is 16.3 Å². The highest BCUT2D eigenvalue weighted by atomic mass is 79.9. The van der Waals surface area contributed by atoms with Crippen LogP contribution in [0.1, 0.15) is 11.1 Å². The summed E-state index contributed by atoms with van der Waals surface area (Å²) < 4.78 is 0.991. The minimum atomic E-state index is 0.567. The molecule has 4 heteroatoms. The van der Waals surface area contributed by atoms with Gasteiger partial charge in [0, 0.05) is 15.2 Å². The Hall–Kier alpha value is -1.50. The smallest absolute Gasteiger partial charge is 0.101 e. The zero-order valence-corrected chi connectivity index (χ0v) is 12.0. The highest BCUT2D eigenvalue weighted by Crippen LogP contribution is 2.26. The molecule has 0 aliphatic carbocycles. The topological polar surface area (TPSA) is 35.8 Å². The van der Waals surface area contributed by atoms with E-state index in [2.05, 4.69) is 27.3 Å². The Morgan fingerprint density at radius 2 is 2.00 bits per heavy atom. The third-order valence-electron chi connectivity index (χ3n) is 2.42. The normalized spacial score (nSPS) is 9.89. The van der Waals surface area contributed by atoms with Crippen molar-refractivity contribution in [3.8, 4) is 6.07 Å². The molecule has 0 spiro atoms. The molecular weight excluding hydrogens is 312 g/mol. The fourth-order valence-electron chi connectivity index (χ4n) is 1.68. The maximum Gasteiger partial charge on any atom is 0.101 e. The maximum absolute atomic E-state index is 9.05. The van der Waals surface area contributed by atoms with Crippen molar-refractivity contribution < 1.29 is 0 Å². The number of hydrogen-bond donors (Lipinski definition) is 1. The molecule has 0 bridgehead atoms. The van der Waals surface area contributed by atoms with Crippen molar-refractivity contribution in [2.75, 3.05) is 5.32 Å². The molecule has 2 nitrogen and oxygen atoms in total. The summed E-state index contributed by atoms with van der Waals surface area (Å²) in [6.45, 7) is 2.01. The van der Waals surface area contributed by atoms with E-state index >= 15 is 0 Å². The van der Waals surface area contributed by atoms with Gasteiger partial charge in [0.15, 0.2) is 0 Å². The van der Waals surface area contributed by atoms with Crippen molar-refractivity contribution in [3.63, 3.8) is 0 Å². The average molecular weight is 322 g/mol. The van der Waals surface area contributed by atoms with Crippen molar-refractivity contribution in [1.29, 1.82) is 5.26 Å². The van der Waals surface area contributed by atoms with E-state index in [1.54, 1.807) is 18.2 Å². The predicted octanol–water partition coefficient (Wildman–Crippen LogP) is 5.03. The quantitative estimate of drug-likeness (QED) is 0.842. The summed E-state index contributed by atoms with van der Waals surface area (Å²) in [5, 5.41) is 12.9. The van der Waals surface area contributed by atoms with Gasteiger partial charge in [0.2, 0.25) is 0 Å². The molecule has 0 aromatic heterocycles. The van der Waals surface area contributed by atoms with Crippen LogP contribution in [0.2, 0.25) is 5.02 Å². The van der Waals surface area contributed by atoms with Gasteiger partial charge in [0.1, 0.15) is 6.07 Å². The number of rotatable bonds is 2. The number of anilines is 2. The largest absolute Gasteiger partial charge is 0.354 e. The van der Waals surface area contributed by atoms with Crippen LogP contribution in [0.4, 0.5) is 11.4 Å². The van der Waals surface area contributed by atoms with Gasteiger partial charge in [-0.05, 0) is 48.9 Å². The van der Waals surface area contributed by atoms with Gasteiger partial charge < -0.3 is 5.32 Å². The first kappa shape index (κ1) is 12.9. The molecule has 2 aromatic rings. The molecule has 90 valence electrons. The number of aryl methyl sites for hydroxylation is 1. The summed E-state index contributed by atoms with van der Waals surface area (Å²) in [4.78, 5) is 0. The van der Waals surface area contributed by atoms with Crippen molar-refractivity contribution in [3.05, 3.63) is 57.0 Å². The molecule has 0 aliphatic heterocycles. The Morgan fingerprint density at radius 3 is 2.67 bits per heavy atom. The van der Waals surface area contributed by atoms with E-state index in [0.717, 1.165) is 15.7 Å². The minimum Gasteiger partial charge on any atom is -0.354 e. The summed E-state index contributed by atoms with van der Waals surface area (Å²) in [5.41, 5.74) is 3.33. The molecule has 1 N–H and O–H groups in total. The summed E-state index contributed by atoms with van der Waals surface area (Å²) in [7, 11) is 0. The fourth-order valence-corrected chi connectivity index (χ4v) is 2.46. The van der Waals surface area contributed by atoms with Gasteiger partial charge in [-0.1, -0.05) is 27.5 Å². The molecule has 0 radical (unpaired) electrons. The number of nitrogens with zero attached hydrogens (tertiary/aromatic N) is 1. The molecular formula is C14H10BrClN2. The second-order valence-corrected chi connectivity index (χ2v) is 5.30. The number of nitriles is 1. The summed E-state index contributed by atoms with van der Waals surface area (Å²) in [6.07, 6.45) is 0. The zero-order valence-electron chi connectivity index (χ0n) is 9.67. The van der Waals surface area contributed by atoms with E-state index in [4.69, 9.17) is 16.9 Å². The van der Waals surface area contributed by atoms with E-state index < -0.39 is 0 Å². The van der Waals surface area contributed by atoms with Gasteiger partial charge in [-0.2, -0.15) is 5.26 Å². The first-order valence-corrected chi connectivity index (χ1v) is 6.49. The lowest BCUT2D eigenvalue weighted by Crippen LogP contribution is -1.94. The lowest BCUT2D eigenvalue weighted by atomic mass is 10.1. The molecule has 0 saturated heterocycles. The Labute approximate surface area is 119 Å². The van der Waals surface area contributed by atoms with Crippen molar-refractivity contribution >= 4 is 38.9 Å². The Morgan fingerprint density at radius 1 is 1.22 bits per heavy atom. The highest BCUT2D eigenvalue weighted by Gasteiger charge is 2.04. The molecule has 0 fully saturated rings. The minimum absolute atomic E-state index is 0.567. The van der Waals surface area contributed by atoms with Crippen LogP contribution in [0.3, 0.4) is 0 Å². The Bertz CT molecular complexity index is 612. The van der Waals surface area contributed by atoms with Gasteiger partial charge >= 0.3 is 0 Å². The van der Waals surface area contributed by atoms with Gasteiger partial charge in [-0.3, -0.25) is 0 Å². The molecule has 0 atom stereocenters. The van der Waals surface area contributed by atoms with Gasteiger partial charge in [0.05, 0.1) is 11.3 Å². The van der Waals surface area contributed by atoms with Crippen molar-refractivity contribution in [1.82, 2.24) is 0 Å². The van der Waals surface area contributed by atoms with Crippen LogP contribution in [0, 0.1) is 18.3 Å². The fraction of sp³-hybridized carbons (Fsp3) is 0.0714. The van der Waals surface area contributed by atoms with Crippen LogP contribution in [-0.4, -0.2) is 0 Å². The van der Waals surface area contributed by atoms with E-state index in [-0.39, 0.29) is 0 Å². The zero-order chi connectivity index (χ0) is 13.1. The maximum atomic E-state index is 9.05. The standard InChI is InChI=1S/C14H10BrClN2/c1-9-4-11(15)6-13(5-9)18-14-7-12(16)3-2-10(14)8-17/h2-7,18H,1H3. The number of benzene rings is 2. The van der Waals surface area contributed by atoms with Gasteiger partial charge in [0.25, 0.3) is 0 Å². The SMILES string of the molecule is Cc1cc(Br)cc(Nc2cc(Cl)ccc2C#N)c1. The van der Waals surface area contributed by atoms with Crippen LogP contribution in [0.25, 0.3) is 0 Å². The van der Waals surface area contributed by atoms with Crippen LogP contribution in [0.5, 0.6) is 0 Å². The van der Waals surface area contributed by atoms with Gasteiger partial charge in [-0.25, -0.2) is 0 Å². The second kappa shape index (κ2) is 5.43. The molecule has 0 unspecified atom stereocenters. The molecule has 2 aromatic carbocycles. The highest BCUT2D eigenvalue weighted by molar-refractivity contribution is 9.10. The Kier molecular flexibility index (Phi) is 3.90. The number of halogens is 2. The molecule has 0 amide bonds. The lowest BCUT2D eigenvalue weighted by molar-refractivity contribution is 1.42. The lowest BCUT2D eigenvalue weighted by Gasteiger charge is -2.10. The monoisotopic (exact) mass is 320 g/mol. The average Bonchev–Trinajstić information content (AvgIpc) is 2.27. The second-order valence-electron chi connectivity index (χ2n) is 3.94. The van der Waals surface area contributed by atoms with Gasteiger partial charge in [-0.15, -0.1) is 0 Å². The van der Waals surface area contributed by atoms with Crippen LogP contribution < -0.4 is 5.32 Å². The molecule has 18 heavy (non-hydrogen) atoms. The third kappa shape index (κ3) is 3.04. The van der Waals surface area contributed by atoms with E-state index in [1.807, 2.05) is 25.1 Å². The van der Waals surface area contributed by atoms with Crippen LogP contribution >= 0.6 is 27.5 Å².